The predicted molar refractivity (Wildman–Crippen MR) is 146 cm³/mol. The van der Waals surface area contributed by atoms with Crippen LogP contribution in [0.4, 0.5) is 4.39 Å². The number of likely N-dealkylation sites (N-methyl/N-ethyl adjacent to an activating group) is 1. The van der Waals surface area contributed by atoms with Gasteiger partial charge in [-0.25, -0.2) is 4.39 Å². The van der Waals surface area contributed by atoms with E-state index in [4.69, 9.17) is 4.74 Å². The molecule has 1 aromatic heterocycles. The largest absolute Gasteiger partial charge is 0.497 e. The molecule has 3 aromatic carbocycles. The molecule has 1 fully saturated rings. The lowest BCUT2D eigenvalue weighted by Crippen LogP contribution is -2.48. The number of piperazine rings is 1. The van der Waals surface area contributed by atoms with Gasteiger partial charge in [-0.1, -0.05) is 55.5 Å². The van der Waals surface area contributed by atoms with Crippen LogP contribution in [0.15, 0.2) is 79.0 Å². The average Bonchev–Trinajstić information content (AvgIpc) is 3.30. The highest BCUT2D eigenvalue weighted by atomic mass is 19.1. The monoisotopic (exact) mass is 499 g/mol. The average molecular weight is 500 g/mol. The lowest BCUT2D eigenvalue weighted by atomic mass is 9.87. The molecule has 1 atom stereocenters. The summed E-state index contributed by atoms with van der Waals surface area (Å²) in [7, 11) is 1.66. The fourth-order valence-corrected chi connectivity index (χ4v) is 5.37. The number of benzene rings is 3. The molecule has 5 nitrogen and oxygen atoms in total. The van der Waals surface area contributed by atoms with Crippen LogP contribution in [-0.2, 0) is 11.3 Å². The van der Waals surface area contributed by atoms with Gasteiger partial charge in [-0.15, -0.1) is 0 Å². The van der Waals surface area contributed by atoms with E-state index in [9.17, 15) is 4.79 Å². The van der Waals surface area contributed by atoms with Crippen molar-refractivity contribution in [3.63, 3.8) is 0 Å². The first-order chi connectivity index (χ1) is 18.1. The number of carbonyl (C=O) groups excluding carboxylic acids is 1. The second-order valence-electron chi connectivity index (χ2n) is 9.67. The highest BCUT2D eigenvalue weighted by Crippen LogP contribution is 2.36. The Morgan fingerprint density at radius 2 is 1.62 bits per heavy atom. The van der Waals surface area contributed by atoms with Crippen molar-refractivity contribution in [3.8, 4) is 5.75 Å². The van der Waals surface area contributed by atoms with Crippen LogP contribution in [0.5, 0.6) is 5.75 Å². The van der Waals surface area contributed by atoms with Gasteiger partial charge < -0.3 is 19.1 Å². The third kappa shape index (κ3) is 5.39. The van der Waals surface area contributed by atoms with Crippen molar-refractivity contribution in [3.05, 3.63) is 102 Å². The number of nitrogens with zero attached hydrogens (tertiary/aromatic N) is 3. The number of rotatable bonds is 8. The number of ether oxygens (including phenoxy) is 1. The molecule has 6 heteroatoms. The smallest absolute Gasteiger partial charge is 0.223 e. The van der Waals surface area contributed by atoms with Crippen LogP contribution in [0.2, 0.25) is 0 Å². The maximum absolute atomic E-state index is 15.2. The third-order valence-corrected chi connectivity index (χ3v) is 7.54. The first-order valence-corrected chi connectivity index (χ1v) is 13.0. The summed E-state index contributed by atoms with van der Waals surface area (Å²) >= 11 is 0. The van der Waals surface area contributed by atoms with Gasteiger partial charge in [0.15, 0.2) is 0 Å². The summed E-state index contributed by atoms with van der Waals surface area (Å²) in [5.74, 6) is 0.249. The molecule has 0 radical (unpaired) electrons. The summed E-state index contributed by atoms with van der Waals surface area (Å²) in [5, 5.41) is 1.05. The lowest BCUT2D eigenvalue weighted by molar-refractivity contribution is -0.133. The van der Waals surface area contributed by atoms with Crippen LogP contribution in [0.3, 0.4) is 0 Å². The molecule has 0 spiro atoms. The summed E-state index contributed by atoms with van der Waals surface area (Å²) < 4.78 is 22.7. The first kappa shape index (κ1) is 25.0. The van der Waals surface area contributed by atoms with Gasteiger partial charge in [0.1, 0.15) is 11.6 Å². The zero-order chi connectivity index (χ0) is 25.8. The summed E-state index contributed by atoms with van der Waals surface area (Å²) in [6.45, 7) is 7.01. The molecule has 192 valence electrons. The van der Waals surface area contributed by atoms with E-state index in [0.29, 0.717) is 12.1 Å². The molecule has 1 unspecified atom stereocenters. The Morgan fingerprint density at radius 3 is 2.32 bits per heavy atom. The first-order valence-electron chi connectivity index (χ1n) is 13.0. The van der Waals surface area contributed by atoms with Gasteiger partial charge in [-0.05, 0) is 47.5 Å². The van der Waals surface area contributed by atoms with E-state index in [1.54, 1.807) is 13.2 Å². The maximum atomic E-state index is 15.2. The van der Waals surface area contributed by atoms with Crippen molar-refractivity contribution in [1.29, 1.82) is 0 Å². The Balaban J connectivity index is 1.51. The van der Waals surface area contributed by atoms with Gasteiger partial charge in [0.2, 0.25) is 5.91 Å². The Labute approximate surface area is 218 Å². The van der Waals surface area contributed by atoms with Crippen LogP contribution >= 0.6 is 0 Å². The van der Waals surface area contributed by atoms with Crippen LogP contribution < -0.4 is 4.74 Å². The Morgan fingerprint density at radius 1 is 0.919 bits per heavy atom. The van der Waals surface area contributed by atoms with Crippen molar-refractivity contribution in [2.45, 2.75) is 25.8 Å². The van der Waals surface area contributed by atoms with E-state index in [2.05, 4.69) is 46.9 Å². The summed E-state index contributed by atoms with van der Waals surface area (Å²) in [5.41, 5.74) is 3.75. The Bertz CT molecular complexity index is 1360. The number of hydrogen-bond acceptors (Lipinski definition) is 3. The number of hydrogen-bond donors (Lipinski definition) is 0. The molecule has 0 N–H and O–H groups in total. The van der Waals surface area contributed by atoms with Crippen molar-refractivity contribution < 1.29 is 13.9 Å². The fourth-order valence-electron chi connectivity index (χ4n) is 5.37. The van der Waals surface area contributed by atoms with Crippen molar-refractivity contribution in [1.82, 2.24) is 14.4 Å². The molecule has 1 amide bonds. The molecular weight excluding hydrogens is 465 g/mol. The normalized spacial score (nSPS) is 15.2. The molecule has 0 saturated carbocycles. The van der Waals surface area contributed by atoms with E-state index >= 15 is 4.39 Å². The number of fused-ring (bicyclic) bond motifs is 1. The molecule has 37 heavy (non-hydrogen) atoms. The zero-order valence-electron chi connectivity index (χ0n) is 21.6. The minimum absolute atomic E-state index is 0.0796. The second-order valence-corrected chi connectivity index (χ2v) is 9.67. The van der Waals surface area contributed by atoms with Crippen LogP contribution in [0.1, 0.15) is 36.0 Å². The second kappa shape index (κ2) is 11.2. The van der Waals surface area contributed by atoms with Crippen molar-refractivity contribution in [2.24, 2.45) is 0 Å². The van der Waals surface area contributed by atoms with Crippen LogP contribution in [-0.4, -0.2) is 60.1 Å². The SMILES string of the molecule is CCN1CCN(C(=O)CC(c2ccccc2F)c2cn(Cc3ccc(OC)cc3)c3ccccc23)CC1. The summed E-state index contributed by atoms with van der Waals surface area (Å²) in [6.07, 6.45) is 2.35. The fraction of sp³-hybridized carbons (Fsp3) is 0.323. The molecule has 4 aromatic rings. The number of aromatic nitrogens is 1. The molecular formula is C31H34FN3O2. The van der Waals surface area contributed by atoms with Crippen molar-refractivity contribution >= 4 is 16.8 Å². The van der Waals surface area contributed by atoms with Gasteiger partial charge >= 0.3 is 0 Å². The molecule has 0 bridgehead atoms. The molecule has 1 aliphatic heterocycles. The summed E-state index contributed by atoms with van der Waals surface area (Å²) in [6, 6.07) is 23.1. The highest BCUT2D eigenvalue weighted by molar-refractivity contribution is 5.87. The quantitative estimate of drug-likeness (QED) is 0.320. The van der Waals surface area contributed by atoms with Gasteiger partial charge in [0.25, 0.3) is 0 Å². The van der Waals surface area contributed by atoms with E-state index < -0.39 is 0 Å². The number of halogens is 1. The number of para-hydroxylation sites is 1. The Hall–Kier alpha value is -3.64. The van der Waals surface area contributed by atoms with Crippen LogP contribution in [0, 0.1) is 5.82 Å². The van der Waals surface area contributed by atoms with E-state index in [0.717, 1.165) is 60.5 Å². The molecule has 1 saturated heterocycles. The van der Waals surface area contributed by atoms with Gasteiger partial charge in [-0.3, -0.25) is 4.79 Å². The van der Waals surface area contributed by atoms with Crippen molar-refractivity contribution in [2.75, 3.05) is 39.8 Å². The maximum Gasteiger partial charge on any atom is 0.223 e. The lowest BCUT2D eigenvalue weighted by Gasteiger charge is -2.35. The molecule has 1 aliphatic rings. The van der Waals surface area contributed by atoms with E-state index in [1.807, 2.05) is 41.3 Å². The number of carbonyl (C=O) groups is 1. The minimum atomic E-state index is -0.375. The van der Waals surface area contributed by atoms with Gasteiger partial charge in [-0.2, -0.15) is 0 Å². The van der Waals surface area contributed by atoms with E-state index in [-0.39, 0.29) is 24.1 Å². The highest BCUT2D eigenvalue weighted by Gasteiger charge is 2.28. The molecule has 0 aliphatic carbocycles. The molecule has 5 rings (SSSR count). The third-order valence-electron chi connectivity index (χ3n) is 7.54. The van der Waals surface area contributed by atoms with Crippen LogP contribution in [0.25, 0.3) is 10.9 Å². The van der Waals surface area contributed by atoms with E-state index in [1.165, 1.54) is 6.07 Å². The standard InChI is InChI=1S/C31H34FN3O2/c1-3-33-16-18-34(19-17-33)31(36)20-27(25-8-4-6-10-29(25)32)28-22-35(30-11-7-5-9-26(28)30)21-23-12-14-24(37-2)15-13-23/h4-15,22,27H,3,16-21H2,1-2H3. The topological polar surface area (TPSA) is 37.7 Å². The Kier molecular flexibility index (Phi) is 7.56. The van der Waals surface area contributed by atoms with Gasteiger partial charge in [0.05, 0.1) is 7.11 Å². The molecule has 2 heterocycles. The number of methoxy groups -OCH3 is 1. The zero-order valence-corrected chi connectivity index (χ0v) is 21.6. The summed E-state index contributed by atoms with van der Waals surface area (Å²) in [4.78, 5) is 17.8. The predicted octanol–water partition coefficient (Wildman–Crippen LogP) is 5.52. The number of amides is 1. The minimum Gasteiger partial charge on any atom is -0.497 e. The van der Waals surface area contributed by atoms with Gasteiger partial charge in [0, 0.05) is 62.2 Å².